The first-order chi connectivity index (χ1) is 12.2. The van der Waals surface area contributed by atoms with E-state index in [-0.39, 0.29) is 0 Å². The van der Waals surface area contributed by atoms with Gasteiger partial charge in [-0.3, -0.25) is 0 Å². The number of aryl methyl sites for hydroxylation is 1. The molecule has 0 amide bonds. The Hall–Kier alpha value is -1.63. The first-order valence-electron chi connectivity index (χ1n) is 9.71. The minimum absolute atomic E-state index is 0.562. The van der Waals surface area contributed by atoms with Crippen LogP contribution in [0.25, 0.3) is 0 Å². The highest BCUT2D eigenvalue weighted by molar-refractivity contribution is 5.79. The summed E-state index contributed by atoms with van der Waals surface area (Å²) in [6.45, 7) is 11.3. The maximum atomic E-state index is 5.61. The van der Waals surface area contributed by atoms with E-state index < -0.39 is 0 Å². The van der Waals surface area contributed by atoms with E-state index in [9.17, 15) is 0 Å². The van der Waals surface area contributed by atoms with Crippen molar-refractivity contribution in [3.63, 3.8) is 0 Å². The van der Waals surface area contributed by atoms with E-state index in [1.165, 1.54) is 19.3 Å². The number of hydrogen-bond donors (Lipinski definition) is 2. The van der Waals surface area contributed by atoms with Gasteiger partial charge in [0.2, 0.25) is 0 Å². The zero-order valence-corrected chi connectivity index (χ0v) is 16.1. The van der Waals surface area contributed by atoms with Crippen LogP contribution >= 0.6 is 0 Å². The van der Waals surface area contributed by atoms with Crippen molar-refractivity contribution in [1.82, 2.24) is 25.4 Å². The minimum atomic E-state index is 0.562. The Kier molecular flexibility index (Phi) is 8.72. The molecule has 2 rings (SSSR count). The van der Waals surface area contributed by atoms with Crippen LogP contribution in [0.3, 0.4) is 0 Å². The third kappa shape index (κ3) is 7.02. The molecule has 0 fully saturated rings. The van der Waals surface area contributed by atoms with Crippen LogP contribution < -0.4 is 10.6 Å². The van der Waals surface area contributed by atoms with Crippen LogP contribution in [-0.4, -0.2) is 47.0 Å². The Morgan fingerprint density at radius 2 is 2.12 bits per heavy atom. The molecule has 0 unspecified atom stereocenters. The molecule has 0 spiro atoms. The molecule has 25 heavy (non-hydrogen) atoms. The average molecular weight is 351 g/mol. The molecule has 1 aromatic heterocycles. The van der Waals surface area contributed by atoms with E-state index in [0.717, 1.165) is 63.3 Å². The van der Waals surface area contributed by atoms with E-state index in [0.29, 0.717) is 12.5 Å². The SMILES string of the molecule is CCNC(=NCc1nnc2n1CCCCC2)NCCCOCC(C)C. The number of aromatic nitrogens is 3. The van der Waals surface area contributed by atoms with E-state index >= 15 is 0 Å². The highest BCUT2D eigenvalue weighted by Crippen LogP contribution is 2.14. The third-order valence-corrected chi connectivity index (χ3v) is 4.12. The number of rotatable bonds is 9. The Balaban J connectivity index is 1.80. The number of hydrogen-bond acceptors (Lipinski definition) is 4. The molecule has 0 saturated carbocycles. The van der Waals surface area contributed by atoms with Crippen molar-refractivity contribution in [2.24, 2.45) is 10.9 Å². The van der Waals surface area contributed by atoms with Gasteiger partial charge in [-0.15, -0.1) is 10.2 Å². The highest BCUT2D eigenvalue weighted by Gasteiger charge is 2.14. The van der Waals surface area contributed by atoms with Crippen molar-refractivity contribution in [1.29, 1.82) is 0 Å². The molecule has 2 N–H and O–H groups in total. The van der Waals surface area contributed by atoms with Crippen molar-refractivity contribution in [2.45, 2.75) is 66.0 Å². The van der Waals surface area contributed by atoms with Gasteiger partial charge in [-0.2, -0.15) is 0 Å². The fourth-order valence-corrected chi connectivity index (χ4v) is 2.85. The summed E-state index contributed by atoms with van der Waals surface area (Å²) in [6.07, 6.45) is 5.69. The lowest BCUT2D eigenvalue weighted by Crippen LogP contribution is -2.38. The normalized spacial score (nSPS) is 15.1. The molecule has 1 aromatic rings. The van der Waals surface area contributed by atoms with Crippen molar-refractivity contribution in [3.05, 3.63) is 11.6 Å². The van der Waals surface area contributed by atoms with Crippen molar-refractivity contribution in [2.75, 3.05) is 26.3 Å². The van der Waals surface area contributed by atoms with E-state index in [1.807, 2.05) is 0 Å². The monoisotopic (exact) mass is 350 g/mol. The largest absolute Gasteiger partial charge is 0.381 e. The van der Waals surface area contributed by atoms with Crippen LogP contribution in [0.2, 0.25) is 0 Å². The molecule has 0 aromatic carbocycles. The Labute approximate surface area is 151 Å². The van der Waals surface area contributed by atoms with Crippen LogP contribution in [0.4, 0.5) is 0 Å². The number of aliphatic imine (C=N–C) groups is 1. The second-order valence-electron chi connectivity index (χ2n) is 6.94. The molecule has 0 saturated heterocycles. The van der Waals surface area contributed by atoms with Crippen LogP contribution in [0, 0.1) is 5.92 Å². The van der Waals surface area contributed by atoms with Gasteiger partial charge in [0.05, 0.1) is 0 Å². The summed E-state index contributed by atoms with van der Waals surface area (Å²) >= 11 is 0. The van der Waals surface area contributed by atoms with Gasteiger partial charge in [-0.25, -0.2) is 4.99 Å². The molecule has 0 atom stereocenters. The first kappa shape index (κ1) is 19.7. The molecule has 7 heteroatoms. The maximum Gasteiger partial charge on any atom is 0.191 e. The number of nitrogens with zero attached hydrogens (tertiary/aromatic N) is 4. The van der Waals surface area contributed by atoms with Crippen molar-refractivity contribution in [3.8, 4) is 0 Å². The van der Waals surface area contributed by atoms with Crippen LogP contribution in [0.1, 0.15) is 58.1 Å². The number of nitrogens with one attached hydrogen (secondary N) is 2. The van der Waals surface area contributed by atoms with Crippen LogP contribution in [0.15, 0.2) is 4.99 Å². The quantitative estimate of drug-likeness (QED) is 0.405. The fraction of sp³-hybridized carbons (Fsp3) is 0.833. The number of fused-ring (bicyclic) bond motifs is 1. The maximum absolute atomic E-state index is 5.61. The van der Waals surface area contributed by atoms with Gasteiger partial charge in [0.15, 0.2) is 11.8 Å². The third-order valence-electron chi connectivity index (χ3n) is 4.12. The van der Waals surface area contributed by atoms with Gasteiger partial charge in [0, 0.05) is 39.3 Å². The molecule has 0 bridgehead atoms. The molecule has 2 heterocycles. The van der Waals surface area contributed by atoms with Crippen LogP contribution in [0.5, 0.6) is 0 Å². The molecule has 7 nitrogen and oxygen atoms in total. The number of guanidine groups is 1. The Morgan fingerprint density at radius 3 is 2.92 bits per heavy atom. The predicted molar refractivity (Wildman–Crippen MR) is 101 cm³/mol. The molecular formula is C18H34N6O. The van der Waals surface area contributed by atoms with Crippen molar-refractivity contribution < 1.29 is 4.74 Å². The van der Waals surface area contributed by atoms with Gasteiger partial charge < -0.3 is 19.9 Å². The molecule has 1 aliphatic heterocycles. The van der Waals surface area contributed by atoms with Crippen molar-refractivity contribution >= 4 is 5.96 Å². The molecule has 142 valence electrons. The van der Waals surface area contributed by atoms with Gasteiger partial charge in [0.1, 0.15) is 12.4 Å². The van der Waals surface area contributed by atoms with Gasteiger partial charge in [-0.1, -0.05) is 20.3 Å². The van der Waals surface area contributed by atoms with Crippen LogP contribution in [-0.2, 0) is 24.2 Å². The summed E-state index contributed by atoms with van der Waals surface area (Å²) < 4.78 is 7.86. The highest BCUT2D eigenvalue weighted by atomic mass is 16.5. The molecule has 0 aliphatic carbocycles. The van der Waals surface area contributed by atoms with Gasteiger partial charge in [0.25, 0.3) is 0 Å². The lowest BCUT2D eigenvalue weighted by molar-refractivity contribution is 0.108. The zero-order valence-electron chi connectivity index (χ0n) is 16.1. The molecular weight excluding hydrogens is 316 g/mol. The second-order valence-corrected chi connectivity index (χ2v) is 6.94. The predicted octanol–water partition coefficient (Wildman–Crippen LogP) is 2.12. The summed E-state index contributed by atoms with van der Waals surface area (Å²) in [7, 11) is 0. The van der Waals surface area contributed by atoms with Gasteiger partial charge >= 0.3 is 0 Å². The summed E-state index contributed by atoms with van der Waals surface area (Å²) in [5.74, 6) is 3.50. The fourth-order valence-electron chi connectivity index (χ4n) is 2.85. The summed E-state index contributed by atoms with van der Waals surface area (Å²) in [5.41, 5.74) is 0. The zero-order chi connectivity index (χ0) is 17.9. The Bertz CT molecular complexity index is 526. The number of ether oxygens (including phenoxy) is 1. The molecule has 1 aliphatic rings. The van der Waals surface area contributed by atoms with E-state index in [1.54, 1.807) is 0 Å². The first-order valence-corrected chi connectivity index (χ1v) is 9.71. The average Bonchev–Trinajstić information content (AvgIpc) is 2.82. The smallest absolute Gasteiger partial charge is 0.191 e. The summed E-state index contributed by atoms with van der Waals surface area (Å²) in [6, 6.07) is 0. The van der Waals surface area contributed by atoms with E-state index in [2.05, 4.69) is 51.2 Å². The van der Waals surface area contributed by atoms with Gasteiger partial charge in [-0.05, 0) is 32.1 Å². The lowest BCUT2D eigenvalue weighted by Gasteiger charge is -2.12. The van der Waals surface area contributed by atoms with E-state index in [4.69, 9.17) is 4.74 Å². The standard InChI is InChI=1S/C18H34N6O/c1-4-19-18(20-10-8-12-25-14-15(2)3)21-13-17-23-22-16-9-6-5-7-11-24(16)17/h15H,4-14H2,1-3H3,(H2,19,20,21). The Morgan fingerprint density at radius 1 is 1.24 bits per heavy atom. The second kappa shape index (κ2) is 11.1. The lowest BCUT2D eigenvalue weighted by atomic mass is 10.2. The summed E-state index contributed by atoms with van der Waals surface area (Å²) in [5, 5.41) is 15.3. The minimum Gasteiger partial charge on any atom is -0.381 e. The summed E-state index contributed by atoms with van der Waals surface area (Å²) in [4.78, 5) is 4.67. The topological polar surface area (TPSA) is 76.4 Å². The molecule has 0 radical (unpaired) electrons.